The van der Waals surface area contributed by atoms with E-state index in [4.69, 9.17) is 13.7 Å². The number of hydrogen-bond donors (Lipinski definition) is 0. The number of aromatic nitrogens is 1. The maximum atomic E-state index is 12.8. The van der Waals surface area contributed by atoms with Gasteiger partial charge in [0.2, 0.25) is 10.0 Å². The van der Waals surface area contributed by atoms with Crippen LogP contribution in [0.1, 0.15) is 40.4 Å². The zero-order valence-corrected chi connectivity index (χ0v) is 20.7. The van der Waals surface area contributed by atoms with E-state index in [-0.39, 0.29) is 11.6 Å². The summed E-state index contributed by atoms with van der Waals surface area (Å²) in [7, 11) is -2.15. The number of rotatable bonds is 4. The van der Waals surface area contributed by atoms with Crippen LogP contribution in [0.3, 0.4) is 0 Å². The molecule has 2 aromatic heterocycles. The van der Waals surface area contributed by atoms with Gasteiger partial charge in [-0.3, -0.25) is 9.69 Å². The molecule has 4 heterocycles. The van der Waals surface area contributed by atoms with Gasteiger partial charge >= 0.3 is 7.12 Å². The molecule has 2 aromatic rings. The molecule has 0 saturated carbocycles. The molecule has 9 nitrogen and oxygen atoms in total. The molecular weight excluding hydrogens is 433 g/mol. The molecule has 0 spiro atoms. The van der Waals surface area contributed by atoms with Gasteiger partial charge in [0, 0.05) is 44.4 Å². The number of sulfonamides is 1. The van der Waals surface area contributed by atoms with Gasteiger partial charge in [0.25, 0.3) is 5.56 Å². The molecule has 0 aromatic carbocycles. The van der Waals surface area contributed by atoms with Crippen molar-refractivity contribution < 1.29 is 22.1 Å². The van der Waals surface area contributed by atoms with E-state index < -0.39 is 28.3 Å². The fraction of sp³-hybridized carbons (Fsp3) is 0.667. The van der Waals surface area contributed by atoms with Crippen LogP contribution in [-0.4, -0.2) is 72.4 Å². The minimum absolute atomic E-state index is 0.0251. The number of pyridine rings is 1. The van der Waals surface area contributed by atoms with Crippen LogP contribution in [0, 0.1) is 0 Å². The molecule has 11 heteroatoms. The van der Waals surface area contributed by atoms with E-state index in [9.17, 15) is 13.2 Å². The van der Waals surface area contributed by atoms with Gasteiger partial charge in [0.05, 0.1) is 29.4 Å². The summed E-state index contributed by atoms with van der Waals surface area (Å²) in [6, 6.07) is 1.80. The summed E-state index contributed by atoms with van der Waals surface area (Å²) in [5.74, 6) is 0.653. The highest BCUT2D eigenvalue weighted by Gasteiger charge is 2.52. The average molecular weight is 465 g/mol. The second-order valence-electron chi connectivity index (χ2n) is 9.98. The molecule has 0 radical (unpaired) electrons. The summed E-state index contributed by atoms with van der Waals surface area (Å²) in [6.45, 7) is 11.9. The Morgan fingerprint density at radius 3 is 2.34 bits per heavy atom. The molecule has 2 aliphatic heterocycles. The number of piperazine rings is 1. The molecule has 1 atom stereocenters. The van der Waals surface area contributed by atoms with Crippen LogP contribution in [0.25, 0.3) is 11.0 Å². The third-order valence-electron chi connectivity index (χ3n) is 6.99. The van der Waals surface area contributed by atoms with Crippen molar-refractivity contribution >= 4 is 33.6 Å². The first-order valence-corrected chi connectivity index (χ1v) is 12.7. The second kappa shape index (κ2) is 7.70. The smallest absolute Gasteiger partial charge is 0.460 e. The fourth-order valence-corrected chi connectivity index (χ4v) is 5.15. The summed E-state index contributed by atoms with van der Waals surface area (Å²) in [5, 5.41) is 0.483. The van der Waals surface area contributed by atoms with Crippen LogP contribution in [-0.2, 0) is 32.9 Å². The highest BCUT2D eigenvalue weighted by molar-refractivity contribution is 7.88. The molecule has 0 aliphatic carbocycles. The van der Waals surface area contributed by atoms with Gasteiger partial charge < -0.3 is 18.3 Å². The van der Waals surface area contributed by atoms with Gasteiger partial charge in [-0.15, -0.1) is 0 Å². The first-order valence-electron chi connectivity index (χ1n) is 10.9. The van der Waals surface area contributed by atoms with Crippen molar-refractivity contribution in [1.82, 2.24) is 13.8 Å². The van der Waals surface area contributed by atoms with Crippen LogP contribution in [0.2, 0.25) is 0 Å². The molecule has 0 N–H and O–H groups in total. The fourth-order valence-electron chi connectivity index (χ4n) is 4.25. The Morgan fingerprint density at radius 1 is 1.16 bits per heavy atom. The SMILES string of the molecule is C[C@@H]1CN(S(C)(=O)=O)CCN1Cc1cc2c(=O)n(C)cc(B3OC(C)(C)C(C)(C)O3)c2o1. The van der Waals surface area contributed by atoms with Gasteiger partial charge in [-0.05, 0) is 40.7 Å². The Labute approximate surface area is 189 Å². The number of furan rings is 1. The molecule has 0 amide bonds. The first kappa shape index (κ1) is 23.5. The topological polar surface area (TPSA) is 94.2 Å². The van der Waals surface area contributed by atoms with E-state index in [2.05, 4.69) is 4.90 Å². The van der Waals surface area contributed by atoms with Crippen molar-refractivity contribution in [2.75, 3.05) is 25.9 Å². The maximum absolute atomic E-state index is 12.8. The van der Waals surface area contributed by atoms with Crippen molar-refractivity contribution in [1.29, 1.82) is 0 Å². The predicted molar refractivity (Wildman–Crippen MR) is 123 cm³/mol. The lowest BCUT2D eigenvalue weighted by Gasteiger charge is -2.38. The van der Waals surface area contributed by atoms with Gasteiger partial charge in [0.15, 0.2) is 0 Å². The van der Waals surface area contributed by atoms with Crippen LogP contribution in [0.4, 0.5) is 0 Å². The van der Waals surface area contributed by atoms with Crippen LogP contribution in [0.15, 0.2) is 21.5 Å². The second-order valence-corrected chi connectivity index (χ2v) is 12.0. The molecule has 2 saturated heterocycles. The van der Waals surface area contributed by atoms with E-state index in [1.165, 1.54) is 15.1 Å². The molecule has 4 rings (SSSR count). The number of nitrogens with zero attached hydrogens (tertiary/aromatic N) is 3. The third kappa shape index (κ3) is 4.05. The monoisotopic (exact) mass is 465 g/mol. The normalized spacial score (nSPS) is 24.5. The van der Waals surface area contributed by atoms with Crippen LogP contribution in [0.5, 0.6) is 0 Å². The van der Waals surface area contributed by atoms with Crippen molar-refractivity contribution in [3.8, 4) is 0 Å². The predicted octanol–water partition coefficient (Wildman–Crippen LogP) is 0.896. The Bertz CT molecular complexity index is 1190. The van der Waals surface area contributed by atoms with Crippen molar-refractivity contribution in [3.05, 3.63) is 28.4 Å². The van der Waals surface area contributed by atoms with Gasteiger partial charge in [-0.2, -0.15) is 4.31 Å². The quantitative estimate of drug-likeness (QED) is 0.620. The molecule has 176 valence electrons. The van der Waals surface area contributed by atoms with Crippen LogP contribution < -0.4 is 11.0 Å². The zero-order valence-electron chi connectivity index (χ0n) is 19.8. The summed E-state index contributed by atoms with van der Waals surface area (Å²) >= 11 is 0. The number of fused-ring (bicyclic) bond motifs is 1. The minimum Gasteiger partial charge on any atom is -0.460 e. The standard InChI is InChI=1S/C21H32BN3O6S/c1-14-11-25(32(7,27)28)9-8-24(14)12-15-10-16-18(29-15)17(13-23(6)19(16)26)22-30-20(2,3)21(4,5)31-22/h10,13-14H,8-9,11-12H2,1-7H3/t14-/m1/s1. The summed E-state index contributed by atoms with van der Waals surface area (Å²) < 4.78 is 45.3. The molecule has 2 aliphatic rings. The molecule has 0 bridgehead atoms. The third-order valence-corrected chi connectivity index (χ3v) is 8.26. The molecule has 2 fully saturated rings. The van der Waals surface area contributed by atoms with Crippen molar-refractivity contribution in [3.63, 3.8) is 0 Å². The highest BCUT2D eigenvalue weighted by atomic mass is 32.2. The van der Waals surface area contributed by atoms with Gasteiger partial charge in [-0.1, -0.05) is 0 Å². The lowest BCUT2D eigenvalue weighted by molar-refractivity contribution is 0.00578. The Morgan fingerprint density at radius 2 is 1.78 bits per heavy atom. The molecule has 0 unspecified atom stereocenters. The summed E-state index contributed by atoms with van der Waals surface area (Å²) in [6.07, 6.45) is 2.95. The Balaban J connectivity index is 1.64. The largest absolute Gasteiger partial charge is 0.500 e. The molecule has 32 heavy (non-hydrogen) atoms. The average Bonchev–Trinajstić information content (AvgIpc) is 3.17. The van der Waals surface area contributed by atoms with Crippen LogP contribution >= 0.6 is 0 Å². The summed E-state index contributed by atoms with van der Waals surface area (Å²) in [4.78, 5) is 15.0. The van der Waals surface area contributed by atoms with Crippen molar-refractivity contribution in [2.24, 2.45) is 7.05 Å². The van der Waals surface area contributed by atoms with Gasteiger partial charge in [-0.25, -0.2) is 8.42 Å². The minimum atomic E-state index is -3.21. The zero-order chi connectivity index (χ0) is 23.6. The lowest BCUT2D eigenvalue weighted by atomic mass is 9.79. The lowest BCUT2D eigenvalue weighted by Crippen LogP contribution is -2.52. The van der Waals surface area contributed by atoms with E-state index >= 15 is 0 Å². The number of aryl methyl sites for hydroxylation is 1. The Hall–Kier alpha value is -1.66. The molecular formula is C21H32BN3O6S. The van der Waals surface area contributed by atoms with Gasteiger partial charge in [0.1, 0.15) is 11.3 Å². The van der Waals surface area contributed by atoms with E-state index in [0.717, 1.165) is 0 Å². The van der Waals surface area contributed by atoms with Crippen molar-refractivity contribution in [2.45, 2.75) is 58.4 Å². The van der Waals surface area contributed by atoms with E-state index in [1.807, 2.05) is 34.6 Å². The Kier molecular flexibility index (Phi) is 5.65. The number of hydrogen-bond acceptors (Lipinski definition) is 7. The van der Waals surface area contributed by atoms with E-state index in [1.54, 1.807) is 19.3 Å². The summed E-state index contributed by atoms with van der Waals surface area (Å²) in [5.41, 5.74) is -0.0118. The highest BCUT2D eigenvalue weighted by Crippen LogP contribution is 2.37. The van der Waals surface area contributed by atoms with E-state index in [0.29, 0.717) is 48.4 Å². The maximum Gasteiger partial charge on any atom is 0.500 e. The first-order chi connectivity index (χ1) is 14.7.